The minimum atomic E-state index is -0.745. The molecule has 38 heavy (non-hydrogen) atoms. The lowest BCUT2D eigenvalue weighted by Gasteiger charge is -2.37. The van der Waals surface area contributed by atoms with Gasteiger partial charge < -0.3 is 4.98 Å². The fraction of sp³-hybridized carbons (Fsp3) is 0.0312. The molecule has 1 N–H and O–H groups in total. The van der Waals surface area contributed by atoms with Crippen LogP contribution in [0.25, 0.3) is 33.2 Å². The van der Waals surface area contributed by atoms with Crippen LogP contribution in [0.5, 0.6) is 0 Å². The number of pyridine rings is 1. The molecule has 0 amide bonds. The molecule has 0 saturated carbocycles. The summed E-state index contributed by atoms with van der Waals surface area (Å²) in [6.07, 6.45) is 3.61. The van der Waals surface area contributed by atoms with Gasteiger partial charge in [-0.3, -0.25) is 4.98 Å². The summed E-state index contributed by atoms with van der Waals surface area (Å²) in [6.45, 7) is 0. The van der Waals surface area contributed by atoms with Gasteiger partial charge in [0, 0.05) is 23.3 Å². The molecule has 3 heterocycles. The molecule has 0 bridgehead atoms. The summed E-state index contributed by atoms with van der Waals surface area (Å²) >= 11 is 4.48. The fourth-order valence-electron chi connectivity index (χ4n) is 5.49. The van der Waals surface area contributed by atoms with E-state index in [9.17, 15) is 0 Å². The molecular formula is C32H23N5S. The first-order valence-corrected chi connectivity index (χ1v) is 12.9. The van der Waals surface area contributed by atoms with Crippen molar-refractivity contribution in [3.63, 3.8) is 0 Å². The van der Waals surface area contributed by atoms with Crippen molar-refractivity contribution in [3.05, 3.63) is 144 Å². The monoisotopic (exact) mass is 509 g/mol. The standard InChI is InChI=1S/C32H23N5S/c38-31-34-27-20-26-29(21-28(27)35-31)37(36-30(26)22-16-18-33-19-17-22)32(23-10-4-1-5-11-23,24-12-6-2-7-13-24)25-14-8-3-9-15-25/h1-21H,(H2,34,35,38). The number of hydrogen-bond acceptors (Lipinski definition) is 4. The summed E-state index contributed by atoms with van der Waals surface area (Å²) in [5.74, 6) is 0. The molecule has 0 atom stereocenters. The van der Waals surface area contributed by atoms with Gasteiger partial charge in [-0.15, -0.1) is 12.6 Å². The van der Waals surface area contributed by atoms with E-state index in [0.29, 0.717) is 5.16 Å². The number of hydrogen-bond donors (Lipinski definition) is 2. The Morgan fingerprint density at radius 1 is 0.684 bits per heavy atom. The zero-order valence-corrected chi connectivity index (χ0v) is 21.3. The van der Waals surface area contributed by atoms with E-state index in [1.54, 1.807) is 12.4 Å². The molecule has 0 unspecified atom stereocenters. The molecule has 5 nitrogen and oxygen atoms in total. The van der Waals surface area contributed by atoms with Gasteiger partial charge in [0.25, 0.3) is 0 Å². The number of thiol groups is 1. The van der Waals surface area contributed by atoms with Gasteiger partial charge in [-0.1, -0.05) is 91.0 Å². The Labute approximate surface area is 225 Å². The Hall–Kier alpha value is -4.68. The van der Waals surface area contributed by atoms with Crippen molar-refractivity contribution in [1.82, 2.24) is 24.7 Å². The number of H-pyrrole nitrogens is 1. The highest BCUT2D eigenvalue weighted by Crippen LogP contribution is 2.44. The molecule has 0 aliphatic heterocycles. The minimum Gasteiger partial charge on any atom is -0.333 e. The van der Waals surface area contributed by atoms with E-state index < -0.39 is 5.54 Å². The van der Waals surface area contributed by atoms with E-state index in [-0.39, 0.29) is 0 Å². The molecule has 0 spiro atoms. The largest absolute Gasteiger partial charge is 0.333 e. The van der Waals surface area contributed by atoms with Crippen molar-refractivity contribution in [2.24, 2.45) is 0 Å². The maximum atomic E-state index is 5.41. The van der Waals surface area contributed by atoms with Gasteiger partial charge in [0.1, 0.15) is 11.2 Å². The number of aromatic amines is 1. The van der Waals surface area contributed by atoms with Crippen molar-refractivity contribution < 1.29 is 0 Å². The highest BCUT2D eigenvalue weighted by Gasteiger charge is 2.41. The van der Waals surface area contributed by atoms with Crippen LogP contribution in [0, 0.1) is 0 Å². The second-order valence-electron chi connectivity index (χ2n) is 9.25. The Kier molecular flexibility index (Phi) is 5.34. The first-order valence-electron chi connectivity index (χ1n) is 12.4. The predicted octanol–water partition coefficient (Wildman–Crippen LogP) is 7.10. The average molecular weight is 510 g/mol. The molecule has 4 aromatic carbocycles. The number of fused-ring (bicyclic) bond motifs is 2. The van der Waals surface area contributed by atoms with Gasteiger partial charge in [-0.2, -0.15) is 5.10 Å². The third kappa shape index (κ3) is 3.45. The van der Waals surface area contributed by atoms with Crippen molar-refractivity contribution in [1.29, 1.82) is 0 Å². The van der Waals surface area contributed by atoms with Gasteiger partial charge in [-0.05, 0) is 41.0 Å². The highest BCUT2D eigenvalue weighted by atomic mass is 32.1. The summed E-state index contributed by atoms with van der Waals surface area (Å²) in [6, 6.07) is 40.0. The molecule has 0 aliphatic carbocycles. The van der Waals surface area contributed by atoms with Gasteiger partial charge in [0.05, 0.1) is 16.6 Å². The smallest absolute Gasteiger partial charge is 0.163 e. The number of rotatable bonds is 5. The van der Waals surface area contributed by atoms with E-state index in [1.165, 1.54) is 0 Å². The Balaban J connectivity index is 1.69. The van der Waals surface area contributed by atoms with Gasteiger partial charge >= 0.3 is 0 Å². The molecule has 0 saturated heterocycles. The van der Waals surface area contributed by atoms with E-state index >= 15 is 0 Å². The average Bonchev–Trinajstić information content (AvgIpc) is 3.53. The first kappa shape index (κ1) is 22.5. The molecule has 0 radical (unpaired) electrons. The van der Waals surface area contributed by atoms with Crippen molar-refractivity contribution >= 4 is 34.6 Å². The third-order valence-corrected chi connectivity index (χ3v) is 7.33. The first-order chi connectivity index (χ1) is 18.7. The van der Waals surface area contributed by atoms with Gasteiger partial charge in [-0.25, -0.2) is 9.67 Å². The van der Waals surface area contributed by atoms with Crippen LogP contribution in [0.3, 0.4) is 0 Å². The van der Waals surface area contributed by atoms with Crippen LogP contribution in [0.1, 0.15) is 16.7 Å². The second-order valence-corrected chi connectivity index (χ2v) is 9.68. The number of benzene rings is 4. The van der Waals surface area contributed by atoms with Crippen LogP contribution in [0.2, 0.25) is 0 Å². The molecule has 6 heteroatoms. The maximum Gasteiger partial charge on any atom is 0.163 e. The van der Waals surface area contributed by atoms with Crippen LogP contribution >= 0.6 is 12.6 Å². The van der Waals surface area contributed by atoms with Crippen molar-refractivity contribution in [2.75, 3.05) is 0 Å². The van der Waals surface area contributed by atoms with Crippen molar-refractivity contribution in [2.45, 2.75) is 10.7 Å². The zero-order chi connectivity index (χ0) is 25.5. The lowest BCUT2D eigenvalue weighted by molar-refractivity contribution is 0.477. The molecule has 3 aromatic heterocycles. The van der Waals surface area contributed by atoms with Crippen LogP contribution in [0.15, 0.2) is 133 Å². The predicted molar refractivity (Wildman–Crippen MR) is 154 cm³/mol. The van der Waals surface area contributed by atoms with E-state index in [4.69, 9.17) is 5.10 Å². The Morgan fingerprint density at radius 2 is 1.24 bits per heavy atom. The summed E-state index contributed by atoms with van der Waals surface area (Å²) in [4.78, 5) is 12.1. The van der Waals surface area contributed by atoms with Crippen LogP contribution in [-0.2, 0) is 5.54 Å². The van der Waals surface area contributed by atoms with Crippen LogP contribution in [-0.4, -0.2) is 24.7 Å². The summed E-state index contributed by atoms with van der Waals surface area (Å²) in [7, 11) is 0. The summed E-state index contributed by atoms with van der Waals surface area (Å²) < 4.78 is 2.18. The number of imidazole rings is 1. The molecule has 7 aromatic rings. The summed E-state index contributed by atoms with van der Waals surface area (Å²) in [5, 5.41) is 7.01. The van der Waals surface area contributed by atoms with Crippen molar-refractivity contribution in [3.8, 4) is 11.3 Å². The topological polar surface area (TPSA) is 59.4 Å². The fourth-order valence-corrected chi connectivity index (χ4v) is 5.72. The summed E-state index contributed by atoms with van der Waals surface area (Å²) in [5.41, 5.74) is 7.21. The highest BCUT2D eigenvalue weighted by molar-refractivity contribution is 7.80. The Bertz CT molecular complexity index is 1760. The second kappa shape index (κ2) is 9.01. The van der Waals surface area contributed by atoms with Gasteiger partial charge in [0.2, 0.25) is 0 Å². The SMILES string of the molecule is Sc1nc2cc3c(-c4ccncc4)nn(C(c4ccccc4)(c4ccccc4)c4ccccc4)c3cc2[nH]1. The minimum absolute atomic E-state index is 0.582. The van der Waals surface area contributed by atoms with Gasteiger partial charge in [0.15, 0.2) is 5.16 Å². The number of nitrogens with zero attached hydrogens (tertiary/aromatic N) is 4. The maximum absolute atomic E-state index is 5.41. The molecule has 0 fully saturated rings. The van der Waals surface area contributed by atoms with E-state index in [1.807, 2.05) is 12.1 Å². The molecular weight excluding hydrogens is 486 g/mol. The third-order valence-electron chi connectivity index (χ3n) is 7.12. The Morgan fingerprint density at radius 3 is 1.79 bits per heavy atom. The quantitative estimate of drug-likeness (QED) is 0.192. The number of aromatic nitrogens is 5. The zero-order valence-electron chi connectivity index (χ0n) is 20.4. The number of nitrogens with one attached hydrogen (secondary N) is 1. The van der Waals surface area contributed by atoms with E-state index in [0.717, 1.165) is 49.9 Å². The molecule has 182 valence electrons. The van der Waals surface area contributed by atoms with Crippen LogP contribution in [0.4, 0.5) is 0 Å². The van der Waals surface area contributed by atoms with Crippen LogP contribution < -0.4 is 0 Å². The molecule has 7 rings (SSSR count). The lowest BCUT2D eigenvalue weighted by atomic mass is 9.77. The normalized spacial score (nSPS) is 11.8. The van der Waals surface area contributed by atoms with E-state index in [2.05, 4.69) is 135 Å². The molecule has 0 aliphatic rings. The lowest BCUT2D eigenvalue weighted by Crippen LogP contribution is -2.38.